The zero-order chi connectivity index (χ0) is 16.7. The number of rotatable bonds is 15. The van der Waals surface area contributed by atoms with Crippen LogP contribution in [0.25, 0.3) is 0 Å². The van der Waals surface area contributed by atoms with E-state index in [1.165, 1.54) is 83.5 Å². The molecule has 0 aliphatic rings. The normalized spacial score (nSPS) is 10.7. The van der Waals surface area contributed by atoms with Crippen molar-refractivity contribution in [2.75, 3.05) is 13.2 Å². The number of allylic oxidation sites excluding steroid dienone is 2. The number of unbranched alkanes of at least 4 members (excludes halogenated alkanes) is 12. The van der Waals surface area contributed by atoms with Gasteiger partial charge in [0.1, 0.15) is 0 Å². The van der Waals surface area contributed by atoms with Gasteiger partial charge < -0.3 is 10.2 Å². The highest BCUT2D eigenvalue weighted by molar-refractivity contribution is 4.81. The summed E-state index contributed by atoms with van der Waals surface area (Å²) >= 11 is 0. The van der Waals surface area contributed by atoms with Crippen molar-refractivity contribution in [1.82, 2.24) is 0 Å². The molecule has 0 fully saturated rings. The quantitative estimate of drug-likeness (QED) is 0.287. The fourth-order valence-corrected chi connectivity index (χ4v) is 2.36. The minimum absolute atomic E-state index is 0.250. The summed E-state index contributed by atoms with van der Waals surface area (Å²) in [6.07, 6.45) is 23.2. The van der Waals surface area contributed by atoms with Crippen LogP contribution in [0.2, 0.25) is 0 Å². The first-order chi connectivity index (χ1) is 10.8. The predicted octanol–water partition coefficient (Wildman–Crippen LogP) is 6.01. The largest absolute Gasteiger partial charge is 0.397 e. The Bertz CT molecular complexity index is 190. The molecule has 134 valence electrons. The second kappa shape index (κ2) is 25.6. The second-order valence-electron chi connectivity index (χ2n) is 5.98. The molecule has 0 amide bonds. The zero-order valence-electron chi connectivity index (χ0n) is 15.4. The van der Waals surface area contributed by atoms with E-state index in [1.807, 2.05) is 0 Å². The fraction of sp³-hybridized carbons (Fsp3) is 0.900. The summed E-state index contributed by atoms with van der Waals surface area (Å²) in [5, 5.41) is 16.2. The highest BCUT2D eigenvalue weighted by Gasteiger charge is 1.90. The third-order valence-corrected chi connectivity index (χ3v) is 3.67. The third-order valence-electron chi connectivity index (χ3n) is 3.67. The number of hydrogen-bond donors (Lipinski definition) is 2. The molecule has 2 nitrogen and oxygen atoms in total. The molecule has 0 aliphatic heterocycles. The molecule has 0 spiro atoms. The van der Waals surface area contributed by atoms with E-state index < -0.39 is 0 Å². The van der Waals surface area contributed by atoms with Gasteiger partial charge >= 0.3 is 0 Å². The first-order valence-electron chi connectivity index (χ1n) is 9.70. The molecular formula is C20H42O2. The lowest BCUT2D eigenvalue weighted by atomic mass is 10.1. The standard InChI is InChI=1S/C18H36O.C2H6O/c1-2-3-4-5-6-7-8-9-10-11-12-13-14-15-16-17-18-19;1-2-3/h9-10,19H,2-8,11-18H2,1H3;3H,2H2,1H3/b10-9-;. The van der Waals surface area contributed by atoms with Gasteiger partial charge in [-0.05, 0) is 39.0 Å². The molecule has 0 rings (SSSR count). The molecule has 0 bridgehead atoms. The molecule has 2 heteroatoms. The van der Waals surface area contributed by atoms with Crippen LogP contribution in [0.1, 0.15) is 104 Å². The topological polar surface area (TPSA) is 40.5 Å². The van der Waals surface area contributed by atoms with E-state index in [0.29, 0.717) is 6.61 Å². The van der Waals surface area contributed by atoms with Crippen molar-refractivity contribution in [2.45, 2.75) is 104 Å². The van der Waals surface area contributed by atoms with Crippen LogP contribution in [-0.2, 0) is 0 Å². The van der Waals surface area contributed by atoms with Crippen LogP contribution < -0.4 is 0 Å². The highest BCUT2D eigenvalue weighted by atomic mass is 16.3. The molecule has 0 radical (unpaired) electrons. The van der Waals surface area contributed by atoms with E-state index in [4.69, 9.17) is 10.2 Å². The average Bonchev–Trinajstić information content (AvgIpc) is 2.52. The van der Waals surface area contributed by atoms with Gasteiger partial charge in [-0.2, -0.15) is 0 Å². The van der Waals surface area contributed by atoms with Crippen LogP contribution >= 0.6 is 0 Å². The maximum absolute atomic E-state index is 8.66. The van der Waals surface area contributed by atoms with E-state index in [9.17, 15) is 0 Å². The predicted molar refractivity (Wildman–Crippen MR) is 99.3 cm³/mol. The minimum atomic E-state index is 0.250. The Kier molecular flexibility index (Phi) is 27.8. The summed E-state index contributed by atoms with van der Waals surface area (Å²) in [5.74, 6) is 0. The summed E-state index contributed by atoms with van der Waals surface area (Å²) in [6.45, 7) is 4.57. The Hall–Kier alpha value is -0.340. The zero-order valence-corrected chi connectivity index (χ0v) is 15.4. The summed E-state index contributed by atoms with van der Waals surface area (Å²) in [5.41, 5.74) is 0. The molecule has 0 saturated heterocycles. The Labute approximate surface area is 140 Å². The van der Waals surface area contributed by atoms with Gasteiger partial charge in [0.25, 0.3) is 0 Å². The van der Waals surface area contributed by atoms with E-state index in [-0.39, 0.29) is 6.61 Å². The van der Waals surface area contributed by atoms with Crippen LogP contribution in [0.15, 0.2) is 12.2 Å². The maximum atomic E-state index is 8.66. The average molecular weight is 315 g/mol. The van der Waals surface area contributed by atoms with E-state index in [2.05, 4.69) is 19.1 Å². The van der Waals surface area contributed by atoms with Crippen molar-refractivity contribution in [3.63, 3.8) is 0 Å². The Morgan fingerprint density at radius 1 is 0.545 bits per heavy atom. The molecule has 22 heavy (non-hydrogen) atoms. The molecule has 0 atom stereocenters. The third kappa shape index (κ3) is 27.9. The van der Waals surface area contributed by atoms with Gasteiger partial charge in [0, 0.05) is 13.2 Å². The molecule has 0 unspecified atom stereocenters. The Morgan fingerprint density at radius 2 is 0.909 bits per heavy atom. The lowest BCUT2D eigenvalue weighted by Gasteiger charge is -1.99. The number of aliphatic hydroxyl groups excluding tert-OH is 2. The smallest absolute Gasteiger partial charge is 0.0431 e. The SMILES string of the molecule is CCCCCCCC/C=C\CCCCCCCCO.CCO. The van der Waals surface area contributed by atoms with Crippen LogP contribution in [-0.4, -0.2) is 23.4 Å². The summed E-state index contributed by atoms with van der Waals surface area (Å²) in [6, 6.07) is 0. The van der Waals surface area contributed by atoms with Crippen LogP contribution in [0.5, 0.6) is 0 Å². The van der Waals surface area contributed by atoms with Crippen molar-refractivity contribution in [3.05, 3.63) is 12.2 Å². The first kappa shape index (κ1) is 23.9. The van der Waals surface area contributed by atoms with E-state index in [0.717, 1.165) is 6.42 Å². The maximum Gasteiger partial charge on any atom is 0.0431 e. The molecule has 0 aromatic rings. The Balaban J connectivity index is 0. The molecular weight excluding hydrogens is 272 g/mol. The monoisotopic (exact) mass is 314 g/mol. The van der Waals surface area contributed by atoms with Gasteiger partial charge in [-0.15, -0.1) is 0 Å². The van der Waals surface area contributed by atoms with Gasteiger partial charge in [0.2, 0.25) is 0 Å². The van der Waals surface area contributed by atoms with Crippen molar-refractivity contribution in [3.8, 4) is 0 Å². The van der Waals surface area contributed by atoms with E-state index in [1.54, 1.807) is 6.92 Å². The van der Waals surface area contributed by atoms with Crippen molar-refractivity contribution < 1.29 is 10.2 Å². The van der Waals surface area contributed by atoms with Crippen molar-refractivity contribution in [2.24, 2.45) is 0 Å². The molecule has 0 aromatic carbocycles. The lowest BCUT2D eigenvalue weighted by molar-refractivity contribution is 0.282. The van der Waals surface area contributed by atoms with Gasteiger partial charge in [-0.3, -0.25) is 0 Å². The summed E-state index contributed by atoms with van der Waals surface area (Å²) in [4.78, 5) is 0. The van der Waals surface area contributed by atoms with Crippen molar-refractivity contribution >= 4 is 0 Å². The number of aliphatic hydroxyl groups is 2. The second-order valence-corrected chi connectivity index (χ2v) is 5.98. The summed E-state index contributed by atoms with van der Waals surface area (Å²) in [7, 11) is 0. The Morgan fingerprint density at radius 3 is 1.32 bits per heavy atom. The lowest BCUT2D eigenvalue weighted by Crippen LogP contribution is -1.83. The molecule has 0 aromatic heterocycles. The van der Waals surface area contributed by atoms with Crippen molar-refractivity contribution in [1.29, 1.82) is 0 Å². The molecule has 0 aliphatic carbocycles. The van der Waals surface area contributed by atoms with Crippen LogP contribution in [0.3, 0.4) is 0 Å². The summed E-state index contributed by atoms with van der Waals surface area (Å²) < 4.78 is 0. The van der Waals surface area contributed by atoms with Gasteiger partial charge in [0.05, 0.1) is 0 Å². The first-order valence-corrected chi connectivity index (χ1v) is 9.70. The van der Waals surface area contributed by atoms with Gasteiger partial charge in [-0.1, -0.05) is 76.9 Å². The molecule has 2 N–H and O–H groups in total. The molecule has 0 saturated carbocycles. The van der Waals surface area contributed by atoms with Gasteiger partial charge in [-0.25, -0.2) is 0 Å². The molecule has 0 heterocycles. The number of hydrogen-bond acceptors (Lipinski definition) is 2. The highest BCUT2D eigenvalue weighted by Crippen LogP contribution is 2.09. The van der Waals surface area contributed by atoms with Crippen LogP contribution in [0, 0.1) is 0 Å². The fourth-order valence-electron chi connectivity index (χ4n) is 2.36. The minimum Gasteiger partial charge on any atom is -0.397 e. The van der Waals surface area contributed by atoms with Gasteiger partial charge in [0.15, 0.2) is 0 Å². The van der Waals surface area contributed by atoms with Crippen LogP contribution in [0.4, 0.5) is 0 Å². The van der Waals surface area contributed by atoms with E-state index >= 15 is 0 Å².